The van der Waals surface area contributed by atoms with E-state index in [0.717, 1.165) is 36.7 Å². The predicted molar refractivity (Wildman–Crippen MR) is 121 cm³/mol. The third kappa shape index (κ3) is 3.54. The van der Waals surface area contributed by atoms with Gasteiger partial charge in [0.15, 0.2) is 11.4 Å². The number of rotatable bonds is 5. The number of amides is 1. The molecule has 5 rings (SSSR count). The highest BCUT2D eigenvalue weighted by molar-refractivity contribution is 6.11. The van der Waals surface area contributed by atoms with Gasteiger partial charge in [0.05, 0.1) is 18.8 Å². The van der Waals surface area contributed by atoms with Gasteiger partial charge in [-0.05, 0) is 48.8 Å². The fraction of sp³-hybridized carbons (Fsp3) is 0.308. The molecule has 1 N–H and O–H groups in total. The molecule has 2 heterocycles. The number of hydrogen-bond donors (Lipinski definition) is 1. The number of piperidine rings is 1. The smallest absolute Gasteiger partial charge is 0.265 e. The molecule has 158 valence electrons. The van der Waals surface area contributed by atoms with Gasteiger partial charge in [0, 0.05) is 11.1 Å². The van der Waals surface area contributed by atoms with Crippen molar-refractivity contribution < 1.29 is 14.7 Å². The van der Waals surface area contributed by atoms with Crippen LogP contribution < -0.4 is 4.90 Å². The lowest BCUT2D eigenvalue weighted by Gasteiger charge is -2.31. The van der Waals surface area contributed by atoms with E-state index < -0.39 is 11.5 Å². The molecule has 5 nitrogen and oxygen atoms in total. The molecule has 2 aliphatic heterocycles. The van der Waals surface area contributed by atoms with Gasteiger partial charge in [-0.2, -0.15) is 0 Å². The number of fused-ring (bicyclic) bond motifs is 2. The summed E-state index contributed by atoms with van der Waals surface area (Å²) in [5.74, 6) is -0.648. The zero-order valence-electron chi connectivity index (χ0n) is 17.5. The quantitative estimate of drug-likeness (QED) is 0.639. The van der Waals surface area contributed by atoms with E-state index >= 15 is 0 Å². The largest absolute Gasteiger partial charge is 0.375 e. The number of aliphatic hydroxyl groups is 1. The van der Waals surface area contributed by atoms with Gasteiger partial charge in [-0.15, -0.1) is 0 Å². The molecule has 0 aliphatic carbocycles. The molecule has 1 amide bonds. The van der Waals surface area contributed by atoms with Gasteiger partial charge < -0.3 is 5.11 Å². The molecule has 0 radical (unpaired) electrons. The number of ketones is 1. The molecule has 3 aromatic carbocycles. The summed E-state index contributed by atoms with van der Waals surface area (Å²) < 4.78 is 0. The maximum atomic E-state index is 13.4. The summed E-state index contributed by atoms with van der Waals surface area (Å²) in [7, 11) is 0. The molecule has 2 aliphatic rings. The van der Waals surface area contributed by atoms with E-state index in [2.05, 4.69) is 4.90 Å². The molecule has 0 bridgehead atoms. The van der Waals surface area contributed by atoms with Gasteiger partial charge >= 0.3 is 0 Å². The number of carbonyl (C=O) groups is 2. The predicted octanol–water partition coefficient (Wildman–Crippen LogP) is 4.09. The summed E-state index contributed by atoms with van der Waals surface area (Å²) in [4.78, 5) is 30.5. The fourth-order valence-electron chi connectivity index (χ4n) is 4.82. The molecule has 0 saturated carbocycles. The first kappa shape index (κ1) is 19.9. The summed E-state index contributed by atoms with van der Waals surface area (Å²) in [5.41, 5.74) is -0.111. The lowest BCUT2D eigenvalue weighted by molar-refractivity contribution is -0.136. The topological polar surface area (TPSA) is 60.9 Å². The Kier molecular flexibility index (Phi) is 5.08. The molecular formula is C26H26N2O3. The highest BCUT2D eigenvalue weighted by Crippen LogP contribution is 2.43. The zero-order valence-corrected chi connectivity index (χ0v) is 17.5. The third-order valence-electron chi connectivity index (χ3n) is 6.52. The molecule has 31 heavy (non-hydrogen) atoms. The van der Waals surface area contributed by atoms with Crippen molar-refractivity contribution in [3.8, 4) is 0 Å². The second kappa shape index (κ2) is 7.91. The monoisotopic (exact) mass is 414 g/mol. The van der Waals surface area contributed by atoms with Gasteiger partial charge in [0.25, 0.3) is 5.91 Å². The first-order chi connectivity index (χ1) is 15.1. The van der Waals surface area contributed by atoms with Crippen molar-refractivity contribution in [2.24, 2.45) is 0 Å². The van der Waals surface area contributed by atoms with E-state index in [0.29, 0.717) is 23.5 Å². The van der Waals surface area contributed by atoms with Crippen molar-refractivity contribution in [1.82, 2.24) is 4.90 Å². The fourth-order valence-corrected chi connectivity index (χ4v) is 4.82. The van der Waals surface area contributed by atoms with E-state index in [1.54, 1.807) is 17.0 Å². The average Bonchev–Trinajstić information content (AvgIpc) is 3.01. The van der Waals surface area contributed by atoms with E-state index in [-0.39, 0.29) is 12.2 Å². The van der Waals surface area contributed by atoms with Crippen LogP contribution in [0.4, 0.5) is 5.69 Å². The lowest BCUT2D eigenvalue weighted by atomic mass is 9.88. The van der Waals surface area contributed by atoms with Crippen molar-refractivity contribution in [1.29, 1.82) is 0 Å². The van der Waals surface area contributed by atoms with Crippen LogP contribution in [-0.2, 0) is 10.4 Å². The van der Waals surface area contributed by atoms with Crippen LogP contribution in [0.25, 0.3) is 10.8 Å². The van der Waals surface area contributed by atoms with Crippen molar-refractivity contribution in [2.45, 2.75) is 31.3 Å². The Hall–Kier alpha value is -3.02. The van der Waals surface area contributed by atoms with Gasteiger partial charge in [-0.3, -0.25) is 19.4 Å². The van der Waals surface area contributed by atoms with Crippen LogP contribution in [0.5, 0.6) is 0 Å². The van der Waals surface area contributed by atoms with E-state index in [4.69, 9.17) is 0 Å². The molecule has 0 spiro atoms. The SMILES string of the molecule is O=C(C[C@@]1(O)C(=O)N(CN2CCCCC2)c2ccccc21)c1ccc2ccccc2c1. The Balaban J connectivity index is 1.44. The van der Waals surface area contributed by atoms with Crippen LogP contribution in [0, 0.1) is 0 Å². The number of nitrogens with zero attached hydrogens (tertiary/aromatic N) is 2. The second-order valence-electron chi connectivity index (χ2n) is 8.59. The highest BCUT2D eigenvalue weighted by Gasteiger charge is 2.51. The molecule has 5 heteroatoms. The molecule has 1 fully saturated rings. The molecule has 0 aromatic heterocycles. The molecule has 1 saturated heterocycles. The van der Waals surface area contributed by atoms with Gasteiger partial charge in [-0.25, -0.2) is 0 Å². The Bertz CT molecular complexity index is 1150. The third-order valence-corrected chi connectivity index (χ3v) is 6.52. The van der Waals surface area contributed by atoms with E-state index in [1.165, 1.54) is 6.42 Å². The zero-order chi connectivity index (χ0) is 21.4. The molecule has 1 atom stereocenters. The van der Waals surface area contributed by atoms with Crippen molar-refractivity contribution in [3.05, 3.63) is 77.9 Å². The van der Waals surface area contributed by atoms with Crippen LogP contribution in [0.15, 0.2) is 66.7 Å². The van der Waals surface area contributed by atoms with Crippen LogP contribution in [0.1, 0.15) is 41.6 Å². The Labute approximate surface area is 181 Å². The maximum absolute atomic E-state index is 13.4. The summed E-state index contributed by atoms with van der Waals surface area (Å²) in [6.45, 7) is 2.34. The Morgan fingerprint density at radius 2 is 1.61 bits per heavy atom. The number of carbonyl (C=O) groups excluding carboxylic acids is 2. The summed E-state index contributed by atoms with van der Waals surface area (Å²) in [6.07, 6.45) is 3.19. The summed E-state index contributed by atoms with van der Waals surface area (Å²) in [6, 6.07) is 20.6. The van der Waals surface area contributed by atoms with Crippen LogP contribution >= 0.6 is 0 Å². The van der Waals surface area contributed by atoms with Crippen molar-refractivity contribution >= 4 is 28.2 Å². The van der Waals surface area contributed by atoms with Crippen LogP contribution in [0.2, 0.25) is 0 Å². The standard InChI is InChI=1S/C26H26N2O3/c29-24(21-13-12-19-8-2-3-9-20(19)16-21)17-26(31)22-10-4-5-11-23(22)28(25(26)30)18-27-14-6-1-7-15-27/h2-5,8-13,16,31H,1,6-7,14-15,17-18H2/t26-/m0/s1. The van der Waals surface area contributed by atoms with Crippen LogP contribution in [-0.4, -0.2) is 41.5 Å². The minimum Gasteiger partial charge on any atom is -0.375 e. The number of Topliss-reactive ketones (excluding diaryl/α,β-unsaturated/α-hetero) is 1. The molecule has 3 aromatic rings. The average molecular weight is 415 g/mol. The number of benzene rings is 3. The molecule has 0 unspecified atom stereocenters. The lowest BCUT2D eigenvalue weighted by Crippen LogP contribution is -2.47. The second-order valence-corrected chi connectivity index (χ2v) is 8.59. The first-order valence-electron chi connectivity index (χ1n) is 10.9. The minimum absolute atomic E-state index is 0.240. The van der Waals surface area contributed by atoms with E-state index in [1.807, 2.05) is 54.6 Å². The normalized spacial score (nSPS) is 21.5. The molecular weight excluding hydrogens is 388 g/mol. The maximum Gasteiger partial charge on any atom is 0.265 e. The number of likely N-dealkylation sites (tertiary alicyclic amines) is 1. The number of hydrogen-bond acceptors (Lipinski definition) is 4. The Morgan fingerprint density at radius 3 is 2.42 bits per heavy atom. The highest BCUT2D eigenvalue weighted by atomic mass is 16.3. The van der Waals surface area contributed by atoms with Gasteiger partial charge in [0.1, 0.15) is 0 Å². The Morgan fingerprint density at radius 1 is 0.903 bits per heavy atom. The van der Waals surface area contributed by atoms with Gasteiger partial charge in [0.2, 0.25) is 0 Å². The summed E-state index contributed by atoms with van der Waals surface area (Å²) >= 11 is 0. The van der Waals surface area contributed by atoms with Crippen molar-refractivity contribution in [3.63, 3.8) is 0 Å². The first-order valence-corrected chi connectivity index (χ1v) is 10.9. The minimum atomic E-state index is -1.84. The van der Waals surface area contributed by atoms with Crippen molar-refractivity contribution in [2.75, 3.05) is 24.7 Å². The number of para-hydroxylation sites is 1. The summed E-state index contributed by atoms with van der Waals surface area (Å²) in [5, 5.41) is 13.5. The number of anilines is 1. The van der Waals surface area contributed by atoms with Crippen LogP contribution in [0.3, 0.4) is 0 Å². The van der Waals surface area contributed by atoms with E-state index in [9.17, 15) is 14.7 Å². The van der Waals surface area contributed by atoms with Gasteiger partial charge in [-0.1, -0.05) is 61.0 Å².